The zero-order valence-corrected chi connectivity index (χ0v) is 13.6. The van der Waals surface area contributed by atoms with Gasteiger partial charge in [-0.25, -0.2) is 4.79 Å². The molecule has 130 valence electrons. The van der Waals surface area contributed by atoms with Gasteiger partial charge < -0.3 is 14.8 Å². The maximum Gasteiger partial charge on any atom is 0.341 e. The van der Waals surface area contributed by atoms with Crippen molar-refractivity contribution in [1.82, 2.24) is 4.57 Å². The Labute approximate surface area is 144 Å². The second-order valence-corrected chi connectivity index (χ2v) is 6.55. The highest BCUT2D eigenvalue weighted by Gasteiger charge is 2.36. The molecule has 0 saturated heterocycles. The molecule has 3 rings (SSSR count). The average molecular weight is 341 g/mol. The van der Waals surface area contributed by atoms with Crippen LogP contribution >= 0.6 is 0 Å². The molecule has 1 aliphatic carbocycles. The number of hydrogen-bond acceptors (Lipinski definition) is 4. The van der Waals surface area contributed by atoms with E-state index in [1.807, 2.05) is 30.3 Å². The van der Waals surface area contributed by atoms with E-state index in [9.17, 15) is 19.5 Å². The van der Waals surface area contributed by atoms with Crippen molar-refractivity contribution in [1.29, 1.82) is 0 Å². The summed E-state index contributed by atoms with van der Waals surface area (Å²) in [4.78, 5) is 34.7. The lowest BCUT2D eigenvalue weighted by molar-refractivity contribution is -0.121. The molecule has 0 bridgehead atoms. The van der Waals surface area contributed by atoms with Crippen LogP contribution in [0, 0.1) is 0 Å². The minimum Gasteiger partial charge on any atom is -0.503 e. The van der Waals surface area contributed by atoms with Crippen LogP contribution in [-0.2, 0) is 16.8 Å². The molecule has 0 spiro atoms. The number of aromatic hydroxyl groups is 1. The molecule has 0 radical (unpaired) electrons. The summed E-state index contributed by atoms with van der Waals surface area (Å²) in [6.45, 7) is 0.387. The second-order valence-electron chi connectivity index (χ2n) is 6.55. The number of carbonyl (C=O) groups excluding carboxylic acids is 1. The molecule has 6 heteroatoms. The van der Waals surface area contributed by atoms with Gasteiger partial charge in [0.05, 0.1) is 0 Å². The van der Waals surface area contributed by atoms with Crippen LogP contribution in [0.15, 0.2) is 47.5 Å². The summed E-state index contributed by atoms with van der Waals surface area (Å²) in [5.74, 6) is -1.74. The first-order chi connectivity index (χ1) is 11.9. The summed E-state index contributed by atoms with van der Waals surface area (Å²) in [6, 6.07) is 9.77. The lowest BCUT2D eigenvalue weighted by Gasteiger charge is -2.38. The number of rotatable bonds is 4. The molecule has 0 aliphatic heterocycles. The van der Waals surface area contributed by atoms with Gasteiger partial charge in [0.1, 0.15) is 11.3 Å². The summed E-state index contributed by atoms with van der Waals surface area (Å²) in [7, 11) is 0. The van der Waals surface area contributed by atoms with Crippen LogP contribution < -0.4 is 5.43 Å². The Hall–Kier alpha value is -2.89. The van der Waals surface area contributed by atoms with E-state index in [0.29, 0.717) is 32.2 Å². The molecule has 1 aromatic carbocycles. The van der Waals surface area contributed by atoms with E-state index in [1.165, 1.54) is 12.4 Å². The predicted octanol–water partition coefficient (Wildman–Crippen LogP) is 2.33. The van der Waals surface area contributed by atoms with Crippen molar-refractivity contribution >= 4 is 11.8 Å². The molecular formula is C19H19NO5. The number of nitrogens with zero attached hydrogens (tertiary/aromatic N) is 1. The van der Waals surface area contributed by atoms with Crippen molar-refractivity contribution in [2.45, 2.75) is 37.6 Å². The van der Waals surface area contributed by atoms with Gasteiger partial charge in [0.15, 0.2) is 5.75 Å². The van der Waals surface area contributed by atoms with Crippen LogP contribution in [0.2, 0.25) is 0 Å². The van der Waals surface area contributed by atoms with E-state index in [4.69, 9.17) is 5.11 Å². The summed E-state index contributed by atoms with van der Waals surface area (Å²) in [6.07, 6.45) is 4.73. The first-order valence-corrected chi connectivity index (χ1v) is 8.15. The van der Waals surface area contributed by atoms with Gasteiger partial charge in [-0.05, 0) is 18.4 Å². The molecule has 2 N–H and O–H groups in total. The summed E-state index contributed by atoms with van der Waals surface area (Å²) < 4.78 is 1.54. The van der Waals surface area contributed by atoms with Crippen LogP contribution in [0.3, 0.4) is 0 Å². The number of Topliss-reactive ketones (excluding diaryl/α,β-unsaturated/α-hetero) is 1. The van der Waals surface area contributed by atoms with Crippen molar-refractivity contribution in [2.24, 2.45) is 0 Å². The largest absolute Gasteiger partial charge is 0.503 e. The third-order valence-electron chi connectivity index (χ3n) is 4.93. The topological polar surface area (TPSA) is 96.6 Å². The molecule has 0 atom stereocenters. The molecule has 0 amide bonds. The quantitative estimate of drug-likeness (QED) is 0.890. The molecule has 2 aromatic rings. The SMILES string of the molecule is O=C1CCC(Cn2cc(O)c(=O)c(C(=O)O)c2)(c2ccccc2)CC1. The minimum absolute atomic E-state index is 0.223. The third kappa shape index (κ3) is 3.33. The third-order valence-corrected chi connectivity index (χ3v) is 4.93. The van der Waals surface area contributed by atoms with Gasteiger partial charge in [0, 0.05) is 37.2 Å². The van der Waals surface area contributed by atoms with E-state index in [1.54, 1.807) is 4.57 Å². The van der Waals surface area contributed by atoms with Gasteiger partial charge >= 0.3 is 5.97 Å². The molecule has 1 aromatic heterocycles. The zero-order valence-electron chi connectivity index (χ0n) is 13.6. The van der Waals surface area contributed by atoms with Gasteiger partial charge in [-0.1, -0.05) is 30.3 Å². The normalized spacial score (nSPS) is 16.6. The fourth-order valence-corrected chi connectivity index (χ4v) is 3.55. The molecule has 1 saturated carbocycles. The fourth-order valence-electron chi connectivity index (χ4n) is 3.55. The molecule has 25 heavy (non-hydrogen) atoms. The number of aromatic nitrogens is 1. The van der Waals surface area contributed by atoms with Crippen molar-refractivity contribution in [3.05, 3.63) is 64.1 Å². The predicted molar refractivity (Wildman–Crippen MR) is 90.9 cm³/mol. The second kappa shape index (κ2) is 6.55. The van der Waals surface area contributed by atoms with E-state index in [-0.39, 0.29) is 11.2 Å². The zero-order chi connectivity index (χ0) is 18.0. The Morgan fingerprint density at radius 3 is 2.32 bits per heavy atom. The summed E-state index contributed by atoms with van der Waals surface area (Å²) >= 11 is 0. The molecule has 6 nitrogen and oxygen atoms in total. The van der Waals surface area contributed by atoms with E-state index >= 15 is 0 Å². The molecular weight excluding hydrogens is 322 g/mol. The number of carbonyl (C=O) groups is 2. The number of hydrogen-bond donors (Lipinski definition) is 2. The van der Waals surface area contributed by atoms with Crippen molar-refractivity contribution in [2.75, 3.05) is 0 Å². The lowest BCUT2D eigenvalue weighted by atomic mass is 9.69. The molecule has 1 aliphatic rings. The Morgan fingerprint density at radius 1 is 1.08 bits per heavy atom. The fraction of sp³-hybridized carbons (Fsp3) is 0.316. The Morgan fingerprint density at radius 2 is 1.72 bits per heavy atom. The first kappa shape index (κ1) is 17.0. The number of carboxylic acid groups (broad SMARTS) is 1. The van der Waals surface area contributed by atoms with Crippen LogP contribution in [0.4, 0.5) is 0 Å². The lowest BCUT2D eigenvalue weighted by Crippen LogP contribution is -2.36. The van der Waals surface area contributed by atoms with E-state index < -0.39 is 22.7 Å². The highest BCUT2D eigenvalue weighted by atomic mass is 16.4. The van der Waals surface area contributed by atoms with Crippen molar-refractivity contribution in [3.8, 4) is 5.75 Å². The minimum atomic E-state index is -1.37. The number of pyridine rings is 1. The Balaban J connectivity index is 2.04. The first-order valence-electron chi connectivity index (χ1n) is 8.15. The smallest absolute Gasteiger partial charge is 0.341 e. The maximum absolute atomic E-state index is 11.8. The van der Waals surface area contributed by atoms with Crippen molar-refractivity contribution < 1.29 is 19.8 Å². The highest BCUT2D eigenvalue weighted by Crippen LogP contribution is 2.39. The van der Waals surface area contributed by atoms with E-state index in [2.05, 4.69) is 0 Å². The number of aromatic carboxylic acids is 1. The van der Waals surface area contributed by atoms with Crippen LogP contribution in [-0.4, -0.2) is 26.5 Å². The summed E-state index contributed by atoms with van der Waals surface area (Å²) in [5.41, 5.74) is -0.629. The van der Waals surface area contributed by atoms with Crippen LogP contribution in [0.5, 0.6) is 5.75 Å². The average Bonchev–Trinajstić information content (AvgIpc) is 2.60. The van der Waals surface area contributed by atoms with Gasteiger partial charge in [0.25, 0.3) is 0 Å². The standard InChI is InChI=1S/C19H19NO5/c21-14-6-8-19(9-7-14,13-4-2-1-3-5-13)12-20-10-15(18(24)25)17(23)16(22)11-20/h1-5,10-11,22H,6-9,12H2,(H,24,25). The van der Waals surface area contributed by atoms with Gasteiger partial charge in [0.2, 0.25) is 5.43 Å². The Kier molecular flexibility index (Phi) is 4.44. The monoisotopic (exact) mass is 341 g/mol. The van der Waals surface area contributed by atoms with Gasteiger partial charge in [-0.3, -0.25) is 9.59 Å². The Bertz CT molecular complexity index is 859. The van der Waals surface area contributed by atoms with Crippen molar-refractivity contribution in [3.63, 3.8) is 0 Å². The molecule has 0 unspecified atom stereocenters. The number of ketones is 1. The van der Waals surface area contributed by atoms with Gasteiger partial charge in [-0.15, -0.1) is 0 Å². The highest BCUT2D eigenvalue weighted by molar-refractivity contribution is 5.87. The maximum atomic E-state index is 11.8. The number of carboxylic acids is 1. The summed E-state index contributed by atoms with van der Waals surface area (Å²) in [5, 5.41) is 19.0. The van der Waals surface area contributed by atoms with Crippen LogP contribution in [0.1, 0.15) is 41.6 Å². The van der Waals surface area contributed by atoms with Gasteiger partial charge in [-0.2, -0.15) is 0 Å². The number of benzene rings is 1. The molecule has 1 heterocycles. The molecule has 1 fully saturated rings. The van der Waals surface area contributed by atoms with Crippen LogP contribution in [0.25, 0.3) is 0 Å². The van der Waals surface area contributed by atoms with E-state index in [0.717, 1.165) is 5.56 Å².